The van der Waals surface area contributed by atoms with E-state index < -0.39 is 0 Å². The summed E-state index contributed by atoms with van der Waals surface area (Å²) in [7, 11) is 1.61. The Morgan fingerprint density at radius 1 is 1.04 bits per heavy atom. The quantitative estimate of drug-likeness (QED) is 0.601. The van der Waals surface area contributed by atoms with Gasteiger partial charge in [-0.1, -0.05) is 42.5 Å². The Hall–Kier alpha value is -2.70. The van der Waals surface area contributed by atoms with Crippen LogP contribution in [0.1, 0.15) is 11.1 Å². The number of amides is 1. The van der Waals surface area contributed by atoms with Crippen LogP contribution in [0.5, 0.6) is 5.75 Å². The largest absolute Gasteiger partial charge is 0.496 e. The highest BCUT2D eigenvalue weighted by molar-refractivity contribution is 5.85. The Morgan fingerprint density at radius 2 is 1.70 bits per heavy atom. The summed E-state index contributed by atoms with van der Waals surface area (Å²) in [5.41, 5.74) is 4.76. The molecule has 1 fully saturated rings. The fraction of sp³-hybridized carbons (Fsp3) is 0.333. The van der Waals surface area contributed by atoms with E-state index in [4.69, 9.17) is 4.74 Å². The molecule has 1 aliphatic heterocycles. The van der Waals surface area contributed by atoms with Crippen molar-refractivity contribution in [2.45, 2.75) is 6.54 Å². The van der Waals surface area contributed by atoms with E-state index in [0.717, 1.165) is 44.0 Å². The first-order valence-corrected chi connectivity index (χ1v) is 9.18. The van der Waals surface area contributed by atoms with E-state index >= 15 is 0 Å². The van der Waals surface area contributed by atoms with E-state index in [9.17, 15) is 4.79 Å². The molecule has 1 N–H and O–H groups in total. The van der Waals surface area contributed by atoms with Gasteiger partial charge in [0.05, 0.1) is 19.9 Å². The summed E-state index contributed by atoms with van der Waals surface area (Å²) in [4.78, 5) is 16.7. The van der Waals surface area contributed by atoms with Crippen LogP contribution in [0.25, 0.3) is 0 Å². The summed E-state index contributed by atoms with van der Waals surface area (Å²) in [5.74, 6) is 0.627. The minimum atomic E-state index is -0.0994. The fourth-order valence-corrected chi connectivity index (χ4v) is 3.13. The third-order valence-corrected chi connectivity index (χ3v) is 4.61. The molecule has 3 rings (SSSR count). The lowest BCUT2D eigenvalue weighted by atomic mass is 10.2. The molecule has 6 nitrogen and oxygen atoms in total. The first kappa shape index (κ1) is 19.1. The zero-order valence-corrected chi connectivity index (χ0v) is 15.7. The molecule has 0 radical (unpaired) electrons. The first-order chi connectivity index (χ1) is 13.2. The Morgan fingerprint density at radius 3 is 2.44 bits per heavy atom. The summed E-state index contributed by atoms with van der Waals surface area (Å²) < 4.78 is 5.26. The Kier molecular flexibility index (Phi) is 6.96. The molecule has 2 aromatic rings. The van der Waals surface area contributed by atoms with Gasteiger partial charge in [-0.2, -0.15) is 5.10 Å². The van der Waals surface area contributed by atoms with Crippen molar-refractivity contribution in [3.05, 3.63) is 65.7 Å². The van der Waals surface area contributed by atoms with E-state index in [1.54, 1.807) is 13.3 Å². The first-order valence-electron chi connectivity index (χ1n) is 9.18. The molecule has 1 heterocycles. The molecule has 0 unspecified atom stereocenters. The number of nitrogens with one attached hydrogen (secondary N) is 1. The average Bonchev–Trinajstić information content (AvgIpc) is 2.71. The molecule has 1 aliphatic rings. The molecule has 1 amide bonds. The van der Waals surface area contributed by atoms with E-state index in [1.165, 1.54) is 5.56 Å². The maximum absolute atomic E-state index is 12.1. The predicted molar refractivity (Wildman–Crippen MR) is 107 cm³/mol. The SMILES string of the molecule is COc1ccccc1C=NNC(=O)CN1CCN(Cc2ccccc2)CC1. The van der Waals surface area contributed by atoms with Crippen molar-refractivity contribution < 1.29 is 9.53 Å². The number of benzene rings is 2. The minimum Gasteiger partial charge on any atom is -0.496 e. The Bertz CT molecular complexity index is 756. The van der Waals surface area contributed by atoms with Gasteiger partial charge in [-0.15, -0.1) is 0 Å². The fourth-order valence-electron chi connectivity index (χ4n) is 3.13. The van der Waals surface area contributed by atoms with Gasteiger partial charge in [0.15, 0.2) is 0 Å². The maximum Gasteiger partial charge on any atom is 0.254 e. The molecule has 2 aromatic carbocycles. The van der Waals surface area contributed by atoms with Crippen LogP contribution in [0.2, 0.25) is 0 Å². The van der Waals surface area contributed by atoms with Crippen molar-refractivity contribution in [3.63, 3.8) is 0 Å². The third kappa shape index (κ3) is 5.91. The molecular formula is C21H26N4O2. The standard InChI is InChI=1S/C21H26N4O2/c1-27-20-10-6-5-9-19(20)15-22-23-21(26)17-25-13-11-24(12-14-25)16-18-7-3-2-4-8-18/h2-10,15H,11-14,16-17H2,1H3,(H,23,26). The molecule has 0 aromatic heterocycles. The normalized spacial score (nSPS) is 15.7. The van der Waals surface area contributed by atoms with Gasteiger partial charge in [0.2, 0.25) is 0 Å². The topological polar surface area (TPSA) is 57.2 Å². The van der Waals surface area contributed by atoms with Gasteiger partial charge in [0.1, 0.15) is 5.75 Å². The van der Waals surface area contributed by atoms with Gasteiger partial charge in [-0.3, -0.25) is 14.6 Å². The third-order valence-electron chi connectivity index (χ3n) is 4.61. The molecule has 0 bridgehead atoms. The van der Waals surface area contributed by atoms with Gasteiger partial charge in [-0.05, 0) is 17.7 Å². The highest BCUT2D eigenvalue weighted by Crippen LogP contribution is 2.14. The molecule has 1 saturated heterocycles. The number of hydrazone groups is 1. The van der Waals surface area contributed by atoms with Gasteiger partial charge in [-0.25, -0.2) is 5.43 Å². The van der Waals surface area contributed by atoms with Crippen LogP contribution in [-0.2, 0) is 11.3 Å². The lowest BCUT2D eigenvalue weighted by Crippen LogP contribution is -2.48. The number of hydrogen-bond donors (Lipinski definition) is 1. The molecule has 27 heavy (non-hydrogen) atoms. The van der Waals surface area contributed by atoms with Crippen LogP contribution in [0.15, 0.2) is 59.7 Å². The van der Waals surface area contributed by atoms with Crippen LogP contribution >= 0.6 is 0 Å². The number of carbonyl (C=O) groups is 1. The molecular weight excluding hydrogens is 340 g/mol. The summed E-state index contributed by atoms with van der Waals surface area (Å²) in [5, 5.41) is 4.04. The lowest BCUT2D eigenvalue weighted by molar-refractivity contribution is -0.122. The van der Waals surface area contributed by atoms with E-state index in [2.05, 4.69) is 44.6 Å². The molecule has 0 aliphatic carbocycles. The van der Waals surface area contributed by atoms with Crippen molar-refractivity contribution >= 4 is 12.1 Å². The minimum absolute atomic E-state index is 0.0994. The highest BCUT2D eigenvalue weighted by Gasteiger charge is 2.18. The van der Waals surface area contributed by atoms with Gasteiger partial charge >= 0.3 is 0 Å². The predicted octanol–water partition coefficient (Wildman–Crippen LogP) is 1.96. The van der Waals surface area contributed by atoms with E-state index in [1.807, 2.05) is 30.3 Å². The van der Waals surface area contributed by atoms with Gasteiger partial charge in [0.25, 0.3) is 5.91 Å². The van der Waals surface area contributed by atoms with Crippen molar-refractivity contribution in [2.24, 2.45) is 5.10 Å². The van der Waals surface area contributed by atoms with Gasteiger partial charge in [0, 0.05) is 38.3 Å². The molecule has 0 saturated carbocycles. The van der Waals surface area contributed by atoms with E-state index in [-0.39, 0.29) is 5.91 Å². The van der Waals surface area contributed by atoms with Crippen molar-refractivity contribution in [1.82, 2.24) is 15.2 Å². The van der Waals surface area contributed by atoms with Crippen LogP contribution < -0.4 is 10.2 Å². The zero-order valence-electron chi connectivity index (χ0n) is 15.7. The summed E-state index contributed by atoms with van der Waals surface area (Å²) in [6.07, 6.45) is 1.61. The Balaban J connectivity index is 1.40. The monoisotopic (exact) mass is 366 g/mol. The Labute approximate surface area is 160 Å². The van der Waals surface area contributed by atoms with Crippen molar-refractivity contribution in [3.8, 4) is 5.75 Å². The second-order valence-corrected chi connectivity index (χ2v) is 6.57. The van der Waals surface area contributed by atoms with Crippen LogP contribution in [0.3, 0.4) is 0 Å². The van der Waals surface area contributed by atoms with Gasteiger partial charge < -0.3 is 4.74 Å². The smallest absolute Gasteiger partial charge is 0.254 e. The number of carbonyl (C=O) groups excluding carboxylic acids is 1. The van der Waals surface area contributed by atoms with Crippen LogP contribution in [0, 0.1) is 0 Å². The number of rotatable bonds is 7. The summed E-state index contributed by atoms with van der Waals surface area (Å²) in [6, 6.07) is 18.0. The number of hydrogen-bond acceptors (Lipinski definition) is 5. The number of methoxy groups -OCH3 is 1. The lowest BCUT2D eigenvalue weighted by Gasteiger charge is -2.34. The summed E-state index contributed by atoms with van der Waals surface area (Å²) >= 11 is 0. The van der Waals surface area contributed by atoms with Crippen LogP contribution in [0.4, 0.5) is 0 Å². The number of para-hydroxylation sites is 1. The summed E-state index contributed by atoms with van der Waals surface area (Å²) in [6.45, 7) is 5.03. The van der Waals surface area contributed by atoms with Crippen LogP contribution in [-0.4, -0.2) is 61.8 Å². The number of ether oxygens (including phenoxy) is 1. The maximum atomic E-state index is 12.1. The second-order valence-electron chi connectivity index (χ2n) is 6.57. The molecule has 142 valence electrons. The molecule has 0 atom stereocenters. The van der Waals surface area contributed by atoms with Crippen molar-refractivity contribution in [2.75, 3.05) is 39.8 Å². The molecule has 0 spiro atoms. The number of nitrogens with zero attached hydrogens (tertiary/aromatic N) is 3. The van der Waals surface area contributed by atoms with E-state index in [0.29, 0.717) is 6.54 Å². The molecule has 6 heteroatoms. The highest BCUT2D eigenvalue weighted by atomic mass is 16.5. The van der Waals surface area contributed by atoms with Crippen molar-refractivity contribution in [1.29, 1.82) is 0 Å². The zero-order chi connectivity index (χ0) is 18.9. The average molecular weight is 366 g/mol. The second kappa shape index (κ2) is 9.85. The number of piperazine rings is 1.